The van der Waals surface area contributed by atoms with Crippen molar-refractivity contribution in [2.75, 3.05) is 37.9 Å². The fraction of sp³-hybridized carbons (Fsp3) is 0.346. The molecule has 0 spiro atoms. The number of anilines is 1. The van der Waals surface area contributed by atoms with Crippen molar-refractivity contribution < 1.29 is 25.2 Å². The summed E-state index contributed by atoms with van der Waals surface area (Å²) in [5.74, 6) is 3.36. The van der Waals surface area contributed by atoms with Crippen molar-refractivity contribution in [1.82, 2.24) is 14.9 Å². The van der Waals surface area contributed by atoms with Gasteiger partial charge in [0.05, 0.1) is 11.2 Å². The maximum absolute atomic E-state index is 13.5. The van der Waals surface area contributed by atoms with Crippen LogP contribution >= 0.6 is 11.8 Å². The van der Waals surface area contributed by atoms with E-state index in [1.807, 2.05) is 29.2 Å². The lowest BCUT2D eigenvalue weighted by molar-refractivity contribution is -0.134. The Hall–Kier alpha value is -3.34. The first kappa shape index (κ1) is 25.7. The molecule has 3 aromatic rings. The second-order valence-corrected chi connectivity index (χ2v) is 9.93. The number of carbonyl (C=O) groups is 1. The molecule has 1 amide bonds. The van der Waals surface area contributed by atoms with E-state index in [4.69, 9.17) is 9.47 Å². The molecule has 0 bridgehead atoms. The summed E-state index contributed by atoms with van der Waals surface area (Å²) in [4.78, 5) is 27.6. The molecule has 1 saturated carbocycles. The molecule has 3 heterocycles. The topological polar surface area (TPSA) is 131 Å². The monoisotopic (exact) mass is 510 g/mol. The summed E-state index contributed by atoms with van der Waals surface area (Å²) >= 11 is 1.73. The number of hydrogen-bond acceptors (Lipinski definition) is 7. The number of thioether (sulfide) groups is 1. The summed E-state index contributed by atoms with van der Waals surface area (Å²) in [5, 5.41) is 0. The SMILES string of the molecule is O.O.O=C(N1CCN(c2ccc(SCc3ncccn3)cc2)CC1)C1(c2ccc3c(c2)OCO3)CC1. The Morgan fingerprint density at radius 1 is 0.917 bits per heavy atom. The predicted octanol–water partition coefficient (Wildman–Crippen LogP) is 2.23. The Morgan fingerprint density at radius 3 is 2.31 bits per heavy atom. The molecule has 2 fully saturated rings. The summed E-state index contributed by atoms with van der Waals surface area (Å²) in [5.41, 5.74) is 1.87. The molecule has 9 nitrogen and oxygen atoms in total. The number of piperazine rings is 1. The molecule has 2 aromatic carbocycles. The van der Waals surface area contributed by atoms with Crippen LogP contribution in [0.4, 0.5) is 5.69 Å². The molecule has 1 saturated heterocycles. The first-order valence-corrected chi connectivity index (χ1v) is 12.6. The zero-order chi connectivity index (χ0) is 23.0. The van der Waals surface area contributed by atoms with Gasteiger partial charge in [-0.1, -0.05) is 6.07 Å². The number of aromatic nitrogens is 2. The average molecular weight is 511 g/mol. The van der Waals surface area contributed by atoms with Gasteiger partial charge in [0.1, 0.15) is 5.82 Å². The number of hydrogen-bond donors (Lipinski definition) is 0. The molecule has 1 aliphatic carbocycles. The van der Waals surface area contributed by atoms with E-state index in [9.17, 15) is 4.79 Å². The Bertz CT molecular complexity index is 1180. The van der Waals surface area contributed by atoms with E-state index in [2.05, 4.69) is 39.1 Å². The van der Waals surface area contributed by atoms with Crippen LogP contribution in [0.2, 0.25) is 0 Å². The molecule has 190 valence electrons. The maximum Gasteiger partial charge on any atom is 0.233 e. The largest absolute Gasteiger partial charge is 0.454 e. The molecule has 10 heteroatoms. The Labute approximate surface area is 214 Å². The second-order valence-electron chi connectivity index (χ2n) is 8.88. The van der Waals surface area contributed by atoms with Crippen molar-refractivity contribution in [3.05, 3.63) is 72.3 Å². The van der Waals surface area contributed by atoms with E-state index in [1.165, 1.54) is 10.6 Å². The summed E-state index contributed by atoms with van der Waals surface area (Å²) in [6.45, 7) is 3.42. The zero-order valence-electron chi connectivity index (χ0n) is 19.9. The van der Waals surface area contributed by atoms with Gasteiger partial charge in [-0.25, -0.2) is 9.97 Å². The first-order chi connectivity index (χ1) is 16.7. The predicted molar refractivity (Wildman–Crippen MR) is 138 cm³/mol. The molecular weight excluding hydrogens is 480 g/mol. The van der Waals surface area contributed by atoms with Crippen LogP contribution in [0.25, 0.3) is 0 Å². The van der Waals surface area contributed by atoms with Crippen molar-refractivity contribution in [2.24, 2.45) is 0 Å². The molecule has 1 aromatic heterocycles. The number of carbonyl (C=O) groups excluding carboxylic acids is 1. The van der Waals surface area contributed by atoms with E-state index in [0.29, 0.717) is 0 Å². The van der Waals surface area contributed by atoms with Gasteiger partial charge in [-0.3, -0.25) is 4.79 Å². The highest BCUT2D eigenvalue weighted by molar-refractivity contribution is 7.98. The van der Waals surface area contributed by atoms with Crippen LogP contribution < -0.4 is 14.4 Å². The smallest absolute Gasteiger partial charge is 0.233 e. The summed E-state index contributed by atoms with van der Waals surface area (Å²) < 4.78 is 11.0. The van der Waals surface area contributed by atoms with E-state index in [1.54, 1.807) is 24.2 Å². The van der Waals surface area contributed by atoms with Gasteiger partial charge in [0.2, 0.25) is 12.7 Å². The van der Waals surface area contributed by atoms with Gasteiger partial charge >= 0.3 is 0 Å². The van der Waals surface area contributed by atoms with Crippen molar-refractivity contribution in [2.45, 2.75) is 28.9 Å². The van der Waals surface area contributed by atoms with Crippen LogP contribution in [0.5, 0.6) is 11.5 Å². The summed E-state index contributed by atoms with van der Waals surface area (Å²) in [7, 11) is 0. The standard InChI is InChI=1S/C26H26N4O3S.2H2O/c31-25(26(8-9-26)19-2-7-22-23(16-19)33-18-32-22)30-14-12-29(13-15-30)20-3-5-21(6-4-20)34-17-24-27-10-1-11-28-24;;/h1-7,10-11,16H,8-9,12-15,17-18H2;2*1H2. The van der Waals surface area contributed by atoms with Crippen molar-refractivity contribution in [1.29, 1.82) is 0 Å². The lowest BCUT2D eigenvalue weighted by Gasteiger charge is -2.38. The third-order valence-electron chi connectivity index (χ3n) is 6.84. The number of nitrogens with zero attached hydrogens (tertiary/aromatic N) is 4. The first-order valence-electron chi connectivity index (χ1n) is 11.6. The zero-order valence-corrected chi connectivity index (χ0v) is 20.7. The van der Waals surface area contributed by atoms with Gasteiger partial charge in [-0.05, 0) is 60.9 Å². The fourth-order valence-electron chi connectivity index (χ4n) is 4.72. The highest BCUT2D eigenvalue weighted by Gasteiger charge is 2.53. The Kier molecular flexibility index (Phi) is 7.67. The summed E-state index contributed by atoms with van der Waals surface area (Å²) in [6, 6.07) is 16.4. The highest BCUT2D eigenvalue weighted by atomic mass is 32.2. The Morgan fingerprint density at radius 2 is 1.61 bits per heavy atom. The van der Waals surface area contributed by atoms with Crippen LogP contribution in [0.15, 0.2) is 65.8 Å². The molecule has 36 heavy (non-hydrogen) atoms. The van der Waals surface area contributed by atoms with Gasteiger partial charge < -0.3 is 30.2 Å². The van der Waals surface area contributed by atoms with E-state index < -0.39 is 0 Å². The number of benzene rings is 2. The van der Waals surface area contributed by atoms with Gasteiger partial charge in [0.25, 0.3) is 0 Å². The molecule has 0 atom stereocenters. The van der Waals surface area contributed by atoms with Crippen LogP contribution in [0.1, 0.15) is 24.2 Å². The van der Waals surface area contributed by atoms with E-state index in [0.717, 1.165) is 67.7 Å². The molecule has 0 unspecified atom stereocenters. The minimum Gasteiger partial charge on any atom is -0.454 e. The number of rotatable bonds is 6. The minimum atomic E-state index is -0.384. The lowest BCUT2D eigenvalue weighted by Crippen LogP contribution is -2.51. The normalized spacial score (nSPS) is 17.1. The molecule has 2 aliphatic heterocycles. The lowest BCUT2D eigenvalue weighted by atomic mass is 9.93. The quantitative estimate of drug-likeness (QED) is 0.465. The molecular formula is C26H30N4O5S. The third-order valence-corrected chi connectivity index (χ3v) is 7.85. The van der Waals surface area contributed by atoms with Gasteiger partial charge in [0, 0.05) is 49.2 Å². The van der Waals surface area contributed by atoms with Crippen molar-refractivity contribution in [3.63, 3.8) is 0 Å². The molecule has 0 radical (unpaired) electrons. The van der Waals surface area contributed by atoms with Gasteiger partial charge in [0.15, 0.2) is 11.5 Å². The van der Waals surface area contributed by atoms with Crippen molar-refractivity contribution >= 4 is 23.4 Å². The average Bonchev–Trinajstić information content (AvgIpc) is 3.58. The number of amides is 1. The van der Waals surface area contributed by atoms with Crippen molar-refractivity contribution in [3.8, 4) is 11.5 Å². The minimum absolute atomic E-state index is 0. The third kappa shape index (κ3) is 4.97. The number of ether oxygens (including phenoxy) is 2. The van der Waals surface area contributed by atoms with Crippen LogP contribution in [-0.2, 0) is 16.0 Å². The van der Waals surface area contributed by atoms with Crippen LogP contribution in [0.3, 0.4) is 0 Å². The number of fused-ring (bicyclic) bond motifs is 1. The van der Waals surface area contributed by atoms with Crippen LogP contribution in [0, 0.1) is 0 Å². The maximum atomic E-state index is 13.5. The molecule has 4 N–H and O–H groups in total. The van der Waals surface area contributed by atoms with Gasteiger partial charge in [-0.2, -0.15) is 0 Å². The highest BCUT2D eigenvalue weighted by Crippen LogP contribution is 2.51. The molecule has 3 aliphatic rings. The Balaban J connectivity index is 0.00000152. The fourth-order valence-corrected chi connectivity index (χ4v) is 5.49. The van der Waals surface area contributed by atoms with Crippen LogP contribution in [-0.4, -0.2) is 64.7 Å². The second kappa shape index (κ2) is 10.7. The van der Waals surface area contributed by atoms with E-state index >= 15 is 0 Å². The van der Waals surface area contributed by atoms with E-state index in [-0.39, 0.29) is 29.1 Å². The molecule has 6 rings (SSSR count). The van der Waals surface area contributed by atoms with Gasteiger partial charge in [-0.15, -0.1) is 11.8 Å². The summed E-state index contributed by atoms with van der Waals surface area (Å²) in [6.07, 6.45) is 5.35.